The molecular weight excluding hydrogens is 344 g/mol. The molecule has 1 atom stereocenters. The van der Waals surface area contributed by atoms with Crippen LogP contribution in [0.4, 0.5) is 0 Å². The first kappa shape index (κ1) is 15.6. The standard InChI is InChI=1S/C22H22O5/c1-23-19-6-13-4-5-24-18-8-14-7-16-17(27-11-26-16)9-15(14)21(20(13)18)22(19)25-10-12-2-3-12/h6-7,9,12,18H,2-5,8,10-11H2,1H3. The Morgan fingerprint density at radius 2 is 1.93 bits per heavy atom. The third kappa shape index (κ3) is 2.41. The van der Waals surface area contributed by atoms with Gasteiger partial charge in [0.05, 0.1) is 26.4 Å². The van der Waals surface area contributed by atoms with Crippen molar-refractivity contribution < 1.29 is 23.7 Å². The van der Waals surface area contributed by atoms with E-state index in [9.17, 15) is 0 Å². The largest absolute Gasteiger partial charge is 0.493 e. The normalized spacial score (nSPS) is 21.4. The molecule has 0 radical (unpaired) electrons. The minimum atomic E-state index is 0.0609. The number of hydrogen-bond donors (Lipinski definition) is 0. The van der Waals surface area contributed by atoms with Crippen molar-refractivity contribution in [3.8, 4) is 34.1 Å². The second-order valence-electron chi connectivity index (χ2n) is 7.79. The van der Waals surface area contributed by atoms with Crippen LogP contribution in [-0.4, -0.2) is 27.1 Å². The van der Waals surface area contributed by atoms with Gasteiger partial charge in [-0.2, -0.15) is 0 Å². The van der Waals surface area contributed by atoms with Crippen LogP contribution in [0.25, 0.3) is 11.1 Å². The predicted octanol–water partition coefficient (Wildman–Crippen LogP) is 4.05. The number of fused-ring (bicyclic) bond motifs is 3. The second-order valence-corrected chi connectivity index (χ2v) is 7.79. The zero-order valence-corrected chi connectivity index (χ0v) is 15.4. The van der Waals surface area contributed by atoms with Crippen LogP contribution in [-0.2, 0) is 17.6 Å². The van der Waals surface area contributed by atoms with Crippen LogP contribution in [0.2, 0.25) is 0 Å². The molecule has 2 aromatic rings. The lowest BCUT2D eigenvalue weighted by Crippen LogP contribution is -2.23. The van der Waals surface area contributed by atoms with E-state index >= 15 is 0 Å². The number of methoxy groups -OCH3 is 1. The number of hydrogen-bond acceptors (Lipinski definition) is 5. The van der Waals surface area contributed by atoms with Crippen LogP contribution in [0.1, 0.15) is 35.6 Å². The first-order valence-electron chi connectivity index (χ1n) is 9.73. The van der Waals surface area contributed by atoms with Gasteiger partial charge in [-0.05, 0) is 65.6 Å². The molecule has 5 nitrogen and oxygen atoms in total. The van der Waals surface area contributed by atoms with Gasteiger partial charge in [-0.15, -0.1) is 0 Å². The maximum atomic E-state index is 6.35. The van der Waals surface area contributed by atoms with E-state index in [2.05, 4.69) is 18.2 Å². The van der Waals surface area contributed by atoms with E-state index in [0.29, 0.717) is 5.92 Å². The van der Waals surface area contributed by atoms with Crippen molar-refractivity contribution in [2.75, 3.05) is 27.1 Å². The van der Waals surface area contributed by atoms with Gasteiger partial charge in [-0.1, -0.05) is 0 Å². The highest BCUT2D eigenvalue weighted by molar-refractivity contribution is 5.85. The predicted molar refractivity (Wildman–Crippen MR) is 98.9 cm³/mol. The van der Waals surface area contributed by atoms with Crippen molar-refractivity contribution in [3.05, 3.63) is 34.9 Å². The van der Waals surface area contributed by atoms with Gasteiger partial charge in [-0.25, -0.2) is 0 Å². The Balaban J connectivity index is 1.59. The van der Waals surface area contributed by atoms with Crippen molar-refractivity contribution in [2.24, 2.45) is 5.92 Å². The zero-order chi connectivity index (χ0) is 18.0. The number of ether oxygens (including phenoxy) is 5. The van der Waals surface area contributed by atoms with Gasteiger partial charge < -0.3 is 23.7 Å². The van der Waals surface area contributed by atoms with Gasteiger partial charge in [0.1, 0.15) is 0 Å². The first-order valence-corrected chi connectivity index (χ1v) is 9.73. The summed E-state index contributed by atoms with van der Waals surface area (Å²) < 4.78 is 29.5. The summed E-state index contributed by atoms with van der Waals surface area (Å²) >= 11 is 0. The fraction of sp³-hybridized carbons (Fsp3) is 0.455. The molecule has 0 saturated heterocycles. The van der Waals surface area contributed by atoms with Crippen LogP contribution >= 0.6 is 0 Å². The van der Waals surface area contributed by atoms with Crippen LogP contribution in [0.15, 0.2) is 18.2 Å². The van der Waals surface area contributed by atoms with Crippen LogP contribution < -0.4 is 18.9 Å². The van der Waals surface area contributed by atoms with Crippen molar-refractivity contribution >= 4 is 0 Å². The van der Waals surface area contributed by atoms with E-state index < -0.39 is 0 Å². The van der Waals surface area contributed by atoms with E-state index in [0.717, 1.165) is 60.2 Å². The minimum Gasteiger partial charge on any atom is -0.493 e. The lowest BCUT2D eigenvalue weighted by Gasteiger charge is -2.35. The number of rotatable bonds is 4. The molecule has 0 amide bonds. The molecule has 1 saturated carbocycles. The van der Waals surface area contributed by atoms with Crippen molar-refractivity contribution in [3.63, 3.8) is 0 Å². The Bertz CT molecular complexity index is 931. The molecule has 0 N–H and O–H groups in total. The Labute approximate surface area is 158 Å². The molecule has 4 aliphatic rings. The number of benzene rings is 2. The van der Waals surface area contributed by atoms with Crippen molar-refractivity contribution in [1.29, 1.82) is 0 Å². The lowest BCUT2D eigenvalue weighted by atomic mass is 9.79. The minimum absolute atomic E-state index is 0.0609. The molecule has 5 heteroatoms. The summed E-state index contributed by atoms with van der Waals surface area (Å²) in [5.74, 6) is 3.95. The highest BCUT2D eigenvalue weighted by Gasteiger charge is 2.36. The molecule has 2 aliphatic carbocycles. The molecule has 140 valence electrons. The van der Waals surface area contributed by atoms with Gasteiger partial charge in [0.15, 0.2) is 23.0 Å². The molecule has 2 heterocycles. The maximum Gasteiger partial charge on any atom is 0.231 e. The Hall–Kier alpha value is -2.40. The summed E-state index contributed by atoms with van der Waals surface area (Å²) in [6, 6.07) is 6.35. The summed E-state index contributed by atoms with van der Waals surface area (Å²) in [4.78, 5) is 0. The molecule has 0 aromatic heterocycles. The fourth-order valence-corrected chi connectivity index (χ4v) is 4.47. The van der Waals surface area contributed by atoms with Gasteiger partial charge in [0, 0.05) is 12.0 Å². The van der Waals surface area contributed by atoms with Crippen molar-refractivity contribution in [2.45, 2.75) is 31.8 Å². The lowest BCUT2D eigenvalue weighted by molar-refractivity contribution is 0.0416. The quantitative estimate of drug-likeness (QED) is 0.817. The fourth-order valence-electron chi connectivity index (χ4n) is 4.47. The molecule has 6 rings (SSSR count). The van der Waals surface area contributed by atoms with Gasteiger partial charge in [0.25, 0.3) is 0 Å². The average molecular weight is 366 g/mol. The van der Waals surface area contributed by atoms with E-state index in [4.69, 9.17) is 23.7 Å². The molecular formula is C22H22O5. The second kappa shape index (κ2) is 5.80. The van der Waals surface area contributed by atoms with E-state index in [1.807, 2.05) is 0 Å². The van der Waals surface area contributed by atoms with Crippen LogP contribution in [0.5, 0.6) is 23.0 Å². The smallest absolute Gasteiger partial charge is 0.231 e. The average Bonchev–Trinajstić information content (AvgIpc) is 3.41. The zero-order valence-electron chi connectivity index (χ0n) is 15.4. The molecule has 0 spiro atoms. The van der Waals surface area contributed by atoms with E-state index in [1.165, 1.54) is 29.5 Å². The summed E-state index contributed by atoms with van der Waals surface area (Å²) in [7, 11) is 1.72. The highest BCUT2D eigenvalue weighted by atomic mass is 16.7. The third-order valence-electron chi connectivity index (χ3n) is 6.04. The molecule has 1 unspecified atom stereocenters. The van der Waals surface area contributed by atoms with Crippen LogP contribution in [0, 0.1) is 5.92 Å². The monoisotopic (exact) mass is 366 g/mol. The van der Waals surface area contributed by atoms with Gasteiger partial charge in [-0.3, -0.25) is 0 Å². The van der Waals surface area contributed by atoms with E-state index in [-0.39, 0.29) is 12.9 Å². The summed E-state index contributed by atoms with van der Waals surface area (Å²) in [6.07, 6.45) is 4.32. The first-order chi connectivity index (χ1) is 13.3. The topological polar surface area (TPSA) is 46.2 Å². The summed E-state index contributed by atoms with van der Waals surface area (Å²) in [5.41, 5.74) is 6.06. The Morgan fingerprint density at radius 1 is 1.07 bits per heavy atom. The Kier molecular flexibility index (Phi) is 3.36. The van der Waals surface area contributed by atoms with Crippen LogP contribution in [0.3, 0.4) is 0 Å². The van der Waals surface area contributed by atoms with Crippen molar-refractivity contribution in [1.82, 2.24) is 0 Å². The summed E-state index contributed by atoms with van der Waals surface area (Å²) in [5, 5.41) is 0. The maximum absolute atomic E-state index is 6.35. The molecule has 2 aliphatic heterocycles. The molecule has 27 heavy (non-hydrogen) atoms. The summed E-state index contributed by atoms with van der Waals surface area (Å²) in [6.45, 7) is 1.76. The molecule has 0 bridgehead atoms. The van der Waals surface area contributed by atoms with Gasteiger partial charge in [0.2, 0.25) is 6.79 Å². The van der Waals surface area contributed by atoms with Gasteiger partial charge >= 0.3 is 0 Å². The molecule has 1 fully saturated rings. The molecule has 2 aromatic carbocycles. The SMILES string of the molecule is COc1cc2c3c(c1OCC1CC1)-c1cc4c(cc1CC3OCC2)OCO4. The van der Waals surface area contributed by atoms with E-state index in [1.54, 1.807) is 7.11 Å². The Morgan fingerprint density at radius 3 is 2.74 bits per heavy atom. The third-order valence-corrected chi connectivity index (χ3v) is 6.04. The highest BCUT2D eigenvalue weighted by Crippen LogP contribution is 2.54.